The summed E-state index contributed by atoms with van der Waals surface area (Å²) in [5.74, 6) is 0.601. The van der Waals surface area contributed by atoms with Gasteiger partial charge in [-0.05, 0) is 31.9 Å². The Balaban J connectivity index is 2.74. The number of esters is 1. The second-order valence-electron chi connectivity index (χ2n) is 5.14. The third-order valence-electron chi connectivity index (χ3n) is 3.25. The van der Waals surface area contributed by atoms with Crippen molar-refractivity contribution in [3.63, 3.8) is 0 Å². The molecule has 1 aromatic heterocycles. The molecule has 0 aliphatic heterocycles. The first-order valence-corrected chi connectivity index (χ1v) is 8.82. The van der Waals surface area contributed by atoms with Crippen molar-refractivity contribution in [1.29, 1.82) is 0 Å². The smallest absolute Gasteiger partial charge is 0.308 e. The van der Waals surface area contributed by atoms with E-state index in [1.54, 1.807) is 19.9 Å². The average molecular weight is 432 g/mol. The van der Waals surface area contributed by atoms with Gasteiger partial charge in [-0.15, -0.1) is 0 Å². The summed E-state index contributed by atoms with van der Waals surface area (Å²) in [4.78, 5) is 23.8. The summed E-state index contributed by atoms with van der Waals surface area (Å²) in [7, 11) is 0. The zero-order valence-electron chi connectivity index (χ0n) is 12.5. The average Bonchev–Trinajstić information content (AvgIpc) is 2.43. The Morgan fingerprint density at radius 2 is 2.05 bits per heavy atom. The SMILES string of the molecule is CC(=O)Oc1c(CC(Br)CBr)cc2c(=O)cc(C)oc2c1C. The Hall–Kier alpha value is -1.14. The molecule has 2 aromatic rings. The summed E-state index contributed by atoms with van der Waals surface area (Å²) in [6.45, 7) is 4.87. The van der Waals surface area contributed by atoms with Gasteiger partial charge in [0.25, 0.3) is 0 Å². The van der Waals surface area contributed by atoms with Crippen molar-refractivity contribution >= 4 is 48.8 Å². The molecule has 2 rings (SSSR count). The predicted molar refractivity (Wildman–Crippen MR) is 93.5 cm³/mol. The van der Waals surface area contributed by atoms with E-state index >= 15 is 0 Å². The lowest BCUT2D eigenvalue weighted by Crippen LogP contribution is -2.12. The van der Waals surface area contributed by atoms with Gasteiger partial charge in [0.2, 0.25) is 0 Å². The number of rotatable bonds is 4. The van der Waals surface area contributed by atoms with Crippen molar-refractivity contribution in [2.24, 2.45) is 0 Å². The standard InChI is InChI=1S/C16H16Br2O4/c1-8-4-14(20)13-6-11(5-12(18)7-17)15(22-10(3)19)9(2)16(13)21-8/h4,6,12H,5,7H2,1-3H3. The minimum atomic E-state index is -0.399. The molecule has 0 fully saturated rings. The first-order valence-electron chi connectivity index (χ1n) is 6.78. The molecule has 0 aliphatic carbocycles. The topological polar surface area (TPSA) is 56.5 Å². The van der Waals surface area contributed by atoms with E-state index in [4.69, 9.17) is 9.15 Å². The quantitative estimate of drug-likeness (QED) is 0.416. The predicted octanol–water partition coefficient (Wildman–Crippen LogP) is 4.04. The van der Waals surface area contributed by atoms with Crippen molar-refractivity contribution in [2.45, 2.75) is 32.0 Å². The van der Waals surface area contributed by atoms with Crippen LogP contribution in [0.25, 0.3) is 11.0 Å². The Morgan fingerprint density at radius 1 is 1.36 bits per heavy atom. The molecule has 1 atom stereocenters. The van der Waals surface area contributed by atoms with E-state index in [1.807, 2.05) is 0 Å². The number of benzene rings is 1. The van der Waals surface area contributed by atoms with Crippen LogP contribution in [0.3, 0.4) is 0 Å². The lowest BCUT2D eigenvalue weighted by atomic mass is 10.0. The molecule has 118 valence electrons. The molecule has 0 radical (unpaired) electrons. The summed E-state index contributed by atoms with van der Waals surface area (Å²) >= 11 is 6.95. The van der Waals surface area contributed by atoms with Crippen molar-refractivity contribution in [2.75, 3.05) is 5.33 Å². The van der Waals surface area contributed by atoms with Crippen LogP contribution >= 0.6 is 31.9 Å². The van der Waals surface area contributed by atoms with Crippen LogP contribution in [-0.4, -0.2) is 16.1 Å². The highest BCUT2D eigenvalue weighted by Gasteiger charge is 2.19. The number of hydrogen-bond donors (Lipinski definition) is 0. The number of halogens is 2. The van der Waals surface area contributed by atoms with Crippen LogP contribution in [0.15, 0.2) is 21.3 Å². The van der Waals surface area contributed by atoms with Crippen LogP contribution in [0, 0.1) is 13.8 Å². The molecule has 0 spiro atoms. The van der Waals surface area contributed by atoms with E-state index in [2.05, 4.69) is 31.9 Å². The van der Waals surface area contributed by atoms with Gasteiger partial charge in [0.05, 0.1) is 5.39 Å². The molecule has 0 saturated heterocycles. The first-order chi connectivity index (χ1) is 10.3. The second-order valence-corrected chi connectivity index (χ2v) is 7.08. The van der Waals surface area contributed by atoms with Crippen LogP contribution in [0.1, 0.15) is 23.8 Å². The third kappa shape index (κ3) is 3.60. The Bertz CT molecular complexity index is 780. The zero-order valence-corrected chi connectivity index (χ0v) is 15.7. The lowest BCUT2D eigenvalue weighted by molar-refractivity contribution is -0.131. The van der Waals surface area contributed by atoms with Gasteiger partial charge in [0.1, 0.15) is 17.1 Å². The highest BCUT2D eigenvalue weighted by atomic mass is 79.9. The molecule has 0 N–H and O–H groups in total. The second kappa shape index (κ2) is 6.96. The molecule has 0 saturated carbocycles. The molecular formula is C16H16Br2O4. The number of fused-ring (bicyclic) bond motifs is 1. The molecular weight excluding hydrogens is 416 g/mol. The highest BCUT2D eigenvalue weighted by molar-refractivity contribution is 9.12. The number of aryl methyl sites for hydroxylation is 2. The van der Waals surface area contributed by atoms with Gasteiger partial charge in [-0.25, -0.2) is 0 Å². The number of ether oxygens (including phenoxy) is 1. The fourth-order valence-corrected chi connectivity index (χ4v) is 2.93. The van der Waals surface area contributed by atoms with Gasteiger partial charge in [-0.1, -0.05) is 31.9 Å². The maximum absolute atomic E-state index is 12.2. The van der Waals surface area contributed by atoms with Crippen molar-refractivity contribution in [3.8, 4) is 5.75 Å². The summed E-state index contributed by atoms with van der Waals surface area (Å²) in [5, 5.41) is 1.25. The normalized spacial score (nSPS) is 12.4. The van der Waals surface area contributed by atoms with E-state index in [9.17, 15) is 9.59 Å². The van der Waals surface area contributed by atoms with Crippen LogP contribution in [0.4, 0.5) is 0 Å². The van der Waals surface area contributed by atoms with Crippen LogP contribution in [0.2, 0.25) is 0 Å². The minimum Gasteiger partial charge on any atom is -0.461 e. The maximum Gasteiger partial charge on any atom is 0.308 e. The van der Waals surface area contributed by atoms with Gasteiger partial charge in [0, 0.05) is 28.7 Å². The number of alkyl halides is 2. The molecule has 6 heteroatoms. The number of carbonyl (C=O) groups excluding carboxylic acids is 1. The zero-order chi connectivity index (χ0) is 16.4. The van der Waals surface area contributed by atoms with Crippen molar-refractivity contribution in [3.05, 3.63) is 39.2 Å². The molecule has 22 heavy (non-hydrogen) atoms. The summed E-state index contributed by atoms with van der Waals surface area (Å²) in [6, 6.07) is 3.22. The van der Waals surface area contributed by atoms with Gasteiger partial charge < -0.3 is 9.15 Å². The van der Waals surface area contributed by atoms with E-state index in [-0.39, 0.29) is 10.3 Å². The fraction of sp³-hybridized carbons (Fsp3) is 0.375. The Kier molecular flexibility index (Phi) is 5.45. The first kappa shape index (κ1) is 17.2. The molecule has 1 heterocycles. The third-order valence-corrected chi connectivity index (χ3v) is 5.55. The van der Waals surface area contributed by atoms with Crippen LogP contribution < -0.4 is 10.2 Å². The van der Waals surface area contributed by atoms with E-state index in [0.717, 1.165) is 10.9 Å². The van der Waals surface area contributed by atoms with E-state index < -0.39 is 5.97 Å². The molecule has 1 aromatic carbocycles. The Labute approximate surface area is 145 Å². The van der Waals surface area contributed by atoms with Crippen molar-refractivity contribution < 1.29 is 13.9 Å². The molecule has 0 bridgehead atoms. The van der Waals surface area contributed by atoms with Gasteiger partial charge >= 0.3 is 5.97 Å². The van der Waals surface area contributed by atoms with Gasteiger partial charge in [0.15, 0.2) is 5.43 Å². The number of hydrogen-bond acceptors (Lipinski definition) is 4. The van der Waals surface area contributed by atoms with Gasteiger partial charge in [-0.2, -0.15) is 0 Å². The van der Waals surface area contributed by atoms with E-state index in [1.165, 1.54) is 13.0 Å². The monoisotopic (exact) mass is 430 g/mol. The summed E-state index contributed by atoms with van der Waals surface area (Å²) in [5.41, 5.74) is 1.84. The van der Waals surface area contributed by atoms with Gasteiger partial charge in [-0.3, -0.25) is 9.59 Å². The van der Waals surface area contributed by atoms with E-state index in [0.29, 0.717) is 34.5 Å². The fourth-order valence-electron chi connectivity index (χ4n) is 2.35. The molecule has 4 nitrogen and oxygen atoms in total. The summed E-state index contributed by atoms with van der Waals surface area (Å²) in [6.07, 6.45) is 0.623. The Morgan fingerprint density at radius 3 is 2.64 bits per heavy atom. The lowest BCUT2D eigenvalue weighted by Gasteiger charge is -2.15. The highest BCUT2D eigenvalue weighted by Crippen LogP contribution is 2.33. The van der Waals surface area contributed by atoms with Crippen molar-refractivity contribution in [1.82, 2.24) is 0 Å². The molecule has 0 amide bonds. The van der Waals surface area contributed by atoms with Crippen LogP contribution in [0.5, 0.6) is 5.75 Å². The molecule has 1 unspecified atom stereocenters. The molecule has 0 aliphatic rings. The largest absolute Gasteiger partial charge is 0.461 e. The maximum atomic E-state index is 12.2. The van der Waals surface area contributed by atoms with Crippen LogP contribution in [-0.2, 0) is 11.2 Å². The minimum absolute atomic E-state index is 0.0950. The number of carbonyl (C=O) groups is 1. The summed E-state index contributed by atoms with van der Waals surface area (Å²) < 4.78 is 11.0.